The van der Waals surface area contributed by atoms with Crippen LogP contribution in [0.5, 0.6) is 5.75 Å². The molecule has 1 unspecified atom stereocenters. The number of carbonyl (C=O) groups is 1. The summed E-state index contributed by atoms with van der Waals surface area (Å²) in [6.45, 7) is 5.28. The van der Waals surface area contributed by atoms with E-state index in [1.165, 1.54) is 18.2 Å². The average Bonchev–Trinajstić information content (AvgIpc) is 2.93. The summed E-state index contributed by atoms with van der Waals surface area (Å²) in [7, 11) is 2.01. The molecule has 0 spiro atoms. The summed E-state index contributed by atoms with van der Waals surface area (Å²) in [5.74, 6) is -2.33. The second-order valence-electron chi connectivity index (χ2n) is 10.2. The van der Waals surface area contributed by atoms with Gasteiger partial charge in [-0.15, -0.1) is 0 Å². The van der Waals surface area contributed by atoms with E-state index in [9.17, 15) is 9.90 Å². The number of piperazine rings is 1. The van der Waals surface area contributed by atoms with Crippen LogP contribution >= 0.6 is 11.6 Å². The van der Waals surface area contributed by atoms with Gasteiger partial charge in [-0.2, -0.15) is 0 Å². The first-order valence-corrected chi connectivity index (χ1v) is 13.5. The normalized spacial score (nSPS) is 19.9. The summed E-state index contributed by atoms with van der Waals surface area (Å²) >= 11 is 5.94. The van der Waals surface area contributed by atoms with Crippen molar-refractivity contribution in [2.75, 3.05) is 55.4 Å². The number of halogens is 3. The Balaban J connectivity index is 1.46. The van der Waals surface area contributed by atoms with Gasteiger partial charge in [0.05, 0.1) is 11.8 Å². The van der Waals surface area contributed by atoms with E-state index in [2.05, 4.69) is 25.5 Å². The Kier molecular flexibility index (Phi) is 8.34. The Labute approximate surface area is 236 Å². The first-order valence-electron chi connectivity index (χ1n) is 13.2. The number of nitrogens with one attached hydrogen (secondary N) is 2. The number of anilines is 4. The van der Waals surface area contributed by atoms with Crippen molar-refractivity contribution in [3.05, 3.63) is 53.4 Å². The van der Waals surface area contributed by atoms with Gasteiger partial charge in [0.2, 0.25) is 5.91 Å². The Morgan fingerprint density at radius 1 is 1.12 bits per heavy atom. The molecular weight excluding hydrogens is 542 g/mol. The van der Waals surface area contributed by atoms with E-state index in [0.29, 0.717) is 43.9 Å². The lowest BCUT2D eigenvalue weighted by Crippen LogP contribution is -2.44. The largest absolute Gasteiger partial charge is 0.502 e. The number of amides is 1. The number of ether oxygens (including phenoxy) is 1. The van der Waals surface area contributed by atoms with Gasteiger partial charge in [-0.3, -0.25) is 4.79 Å². The standard InChI is InChI=1S/C28H31ClF2N6O3/c1-16-13-17(7-12-40-16)28(39)34-18-3-4-19(21(30)14-18)20-5-6-22(37-10-8-36(2)9-11-37)24(23(20)31)35-27-25(38)26(29)32-15-33-27/h3-6,14-17,38H,7-13H2,1-2H3,(H,34,39)(H,32,33,35)/t16-,17?/m1/s1. The second kappa shape index (κ2) is 11.9. The minimum Gasteiger partial charge on any atom is -0.502 e. The van der Waals surface area contributed by atoms with Crippen molar-refractivity contribution in [3.8, 4) is 16.9 Å². The van der Waals surface area contributed by atoms with E-state index in [-0.39, 0.29) is 45.7 Å². The molecule has 12 heteroatoms. The molecule has 0 radical (unpaired) electrons. The van der Waals surface area contributed by atoms with Crippen molar-refractivity contribution in [2.45, 2.75) is 25.9 Å². The maximum Gasteiger partial charge on any atom is 0.227 e. The molecule has 2 aliphatic heterocycles. The van der Waals surface area contributed by atoms with Crippen molar-refractivity contribution in [1.29, 1.82) is 0 Å². The molecule has 2 aromatic carbocycles. The van der Waals surface area contributed by atoms with E-state index >= 15 is 8.78 Å². The SMILES string of the molecule is C[C@@H]1CC(C(=O)Nc2ccc(-c3ccc(N4CCN(C)CC4)c(Nc4ncnc(Cl)c4O)c3F)c(F)c2)CCO1. The molecule has 3 heterocycles. The number of rotatable bonds is 6. The fourth-order valence-corrected chi connectivity index (χ4v) is 5.20. The smallest absolute Gasteiger partial charge is 0.227 e. The van der Waals surface area contributed by atoms with E-state index in [1.54, 1.807) is 12.1 Å². The molecular formula is C28H31ClF2N6O3. The molecule has 0 saturated carbocycles. The zero-order valence-corrected chi connectivity index (χ0v) is 23.0. The highest BCUT2D eigenvalue weighted by Gasteiger charge is 2.27. The number of likely N-dealkylation sites (N-methyl/N-ethyl adjacent to an activating group) is 1. The third kappa shape index (κ3) is 5.96. The molecule has 1 aromatic heterocycles. The molecule has 2 aliphatic rings. The van der Waals surface area contributed by atoms with Crippen LogP contribution in [0.2, 0.25) is 5.15 Å². The van der Waals surface area contributed by atoms with Gasteiger partial charge >= 0.3 is 0 Å². The number of hydrogen-bond acceptors (Lipinski definition) is 8. The number of benzene rings is 2. The van der Waals surface area contributed by atoms with Crippen LogP contribution in [-0.4, -0.2) is 71.8 Å². The summed E-state index contributed by atoms with van der Waals surface area (Å²) in [6, 6.07) is 7.42. The van der Waals surface area contributed by atoms with Gasteiger partial charge in [0.15, 0.2) is 22.5 Å². The van der Waals surface area contributed by atoms with Crippen LogP contribution in [-0.2, 0) is 9.53 Å². The molecule has 3 N–H and O–H groups in total. The highest BCUT2D eigenvalue weighted by molar-refractivity contribution is 6.31. The van der Waals surface area contributed by atoms with Crippen molar-refractivity contribution in [2.24, 2.45) is 5.92 Å². The van der Waals surface area contributed by atoms with Crippen molar-refractivity contribution < 1.29 is 23.4 Å². The highest BCUT2D eigenvalue weighted by Crippen LogP contribution is 2.40. The maximum atomic E-state index is 16.2. The number of hydrogen-bond donors (Lipinski definition) is 3. The lowest BCUT2D eigenvalue weighted by Gasteiger charge is -2.35. The molecule has 5 rings (SSSR count). The molecule has 212 valence electrons. The number of nitrogens with zero attached hydrogens (tertiary/aromatic N) is 4. The van der Waals surface area contributed by atoms with Crippen LogP contribution in [0.3, 0.4) is 0 Å². The number of aromatic hydroxyl groups is 1. The lowest BCUT2D eigenvalue weighted by molar-refractivity contribution is -0.124. The molecule has 2 atom stereocenters. The summed E-state index contributed by atoms with van der Waals surface area (Å²) in [5.41, 5.74) is 0.886. The van der Waals surface area contributed by atoms with E-state index in [0.717, 1.165) is 19.4 Å². The van der Waals surface area contributed by atoms with Gasteiger partial charge < -0.3 is 30.3 Å². The Morgan fingerprint density at radius 2 is 1.88 bits per heavy atom. The Bertz CT molecular complexity index is 1400. The first-order chi connectivity index (χ1) is 19.2. The first kappa shape index (κ1) is 28.0. The molecule has 3 aromatic rings. The van der Waals surface area contributed by atoms with Crippen LogP contribution in [0, 0.1) is 17.6 Å². The quantitative estimate of drug-likeness (QED) is 0.354. The zero-order chi connectivity index (χ0) is 28.4. The number of aromatic nitrogens is 2. The molecule has 9 nitrogen and oxygen atoms in total. The van der Waals surface area contributed by atoms with E-state index in [1.807, 2.05) is 18.9 Å². The van der Waals surface area contributed by atoms with Gasteiger partial charge in [-0.05, 0) is 57.1 Å². The lowest BCUT2D eigenvalue weighted by atomic mass is 9.95. The zero-order valence-electron chi connectivity index (χ0n) is 22.3. The number of carbonyl (C=O) groups excluding carboxylic acids is 1. The minimum atomic E-state index is -0.725. The van der Waals surface area contributed by atoms with Crippen LogP contribution in [0.15, 0.2) is 36.7 Å². The highest BCUT2D eigenvalue weighted by atomic mass is 35.5. The predicted octanol–water partition coefficient (Wildman–Crippen LogP) is 5.03. The molecule has 2 saturated heterocycles. The van der Waals surface area contributed by atoms with Crippen LogP contribution < -0.4 is 15.5 Å². The van der Waals surface area contributed by atoms with Gasteiger partial charge in [-0.25, -0.2) is 18.7 Å². The fraction of sp³-hybridized carbons (Fsp3) is 0.393. The third-order valence-corrected chi connectivity index (χ3v) is 7.64. The van der Waals surface area contributed by atoms with Crippen molar-refractivity contribution in [1.82, 2.24) is 14.9 Å². The fourth-order valence-electron chi connectivity index (χ4n) is 5.06. The van der Waals surface area contributed by atoms with E-state index in [4.69, 9.17) is 16.3 Å². The summed E-state index contributed by atoms with van der Waals surface area (Å²) in [6.07, 6.45) is 2.34. The van der Waals surface area contributed by atoms with Crippen molar-refractivity contribution in [3.63, 3.8) is 0 Å². The monoisotopic (exact) mass is 572 g/mol. The molecule has 40 heavy (non-hydrogen) atoms. The summed E-state index contributed by atoms with van der Waals surface area (Å²) < 4.78 is 37.1. The Morgan fingerprint density at radius 3 is 2.60 bits per heavy atom. The Hall–Kier alpha value is -3.54. The van der Waals surface area contributed by atoms with Gasteiger partial charge in [0.1, 0.15) is 17.8 Å². The van der Waals surface area contributed by atoms with Crippen LogP contribution in [0.4, 0.5) is 31.7 Å². The van der Waals surface area contributed by atoms with Crippen LogP contribution in [0.25, 0.3) is 11.1 Å². The van der Waals surface area contributed by atoms with E-state index < -0.39 is 17.4 Å². The van der Waals surface area contributed by atoms with Crippen molar-refractivity contribution >= 4 is 40.4 Å². The molecule has 1 amide bonds. The van der Waals surface area contributed by atoms with Gasteiger partial charge in [0, 0.05) is 55.5 Å². The minimum absolute atomic E-state index is 0.00801. The second-order valence-corrected chi connectivity index (χ2v) is 10.5. The molecule has 0 aliphatic carbocycles. The maximum absolute atomic E-state index is 16.2. The summed E-state index contributed by atoms with van der Waals surface area (Å²) in [5, 5.41) is 15.8. The van der Waals surface area contributed by atoms with Gasteiger partial charge in [-0.1, -0.05) is 11.6 Å². The average molecular weight is 573 g/mol. The van der Waals surface area contributed by atoms with Crippen LogP contribution in [0.1, 0.15) is 19.8 Å². The summed E-state index contributed by atoms with van der Waals surface area (Å²) in [4.78, 5) is 24.6. The third-order valence-electron chi connectivity index (χ3n) is 7.37. The topological polar surface area (TPSA) is 103 Å². The van der Waals surface area contributed by atoms with Gasteiger partial charge in [0.25, 0.3) is 0 Å². The predicted molar refractivity (Wildman–Crippen MR) is 150 cm³/mol. The molecule has 0 bridgehead atoms. The molecule has 2 fully saturated rings.